The van der Waals surface area contributed by atoms with E-state index in [1.807, 2.05) is 6.92 Å². The summed E-state index contributed by atoms with van der Waals surface area (Å²) in [6, 6.07) is 8.47. The zero-order valence-electron chi connectivity index (χ0n) is 11.3. The standard InChI is InChI=1S/C14H15N3O3/c1-3-15-12-5-4-10(8-14(12)17(18)19)13-9-11(20-2)6-7-16-13/h4-9,15H,3H2,1-2H3. The summed E-state index contributed by atoms with van der Waals surface area (Å²) < 4.78 is 5.13. The molecule has 0 atom stereocenters. The van der Waals surface area contributed by atoms with E-state index in [2.05, 4.69) is 10.3 Å². The number of ether oxygens (including phenoxy) is 1. The number of nitrogens with one attached hydrogen (secondary N) is 1. The van der Waals surface area contributed by atoms with E-state index in [4.69, 9.17) is 4.74 Å². The van der Waals surface area contributed by atoms with E-state index < -0.39 is 4.92 Å². The van der Waals surface area contributed by atoms with Gasteiger partial charge in [-0.25, -0.2) is 0 Å². The van der Waals surface area contributed by atoms with Crippen LogP contribution in [0.5, 0.6) is 5.75 Å². The van der Waals surface area contributed by atoms with Gasteiger partial charge in [0.25, 0.3) is 5.69 Å². The van der Waals surface area contributed by atoms with E-state index in [-0.39, 0.29) is 5.69 Å². The van der Waals surface area contributed by atoms with E-state index in [0.717, 1.165) is 0 Å². The predicted molar refractivity (Wildman–Crippen MR) is 77.0 cm³/mol. The maximum absolute atomic E-state index is 11.1. The van der Waals surface area contributed by atoms with Crippen molar-refractivity contribution >= 4 is 11.4 Å². The first-order valence-corrected chi connectivity index (χ1v) is 6.18. The van der Waals surface area contributed by atoms with Crippen molar-refractivity contribution < 1.29 is 9.66 Å². The Labute approximate surface area is 116 Å². The van der Waals surface area contributed by atoms with Crippen molar-refractivity contribution in [3.63, 3.8) is 0 Å². The van der Waals surface area contributed by atoms with Gasteiger partial charge in [0.1, 0.15) is 11.4 Å². The zero-order valence-corrected chi connectivity index (χ0v) is 11.3. The van der Waals surface area contributed by atoms with Crippen LogP contribution in [0.2, 0.25) is 0 Å². The van der Waals surface area contributed by atoms with Gasteiger partial charge in [0, 0.05) is 30.4 Å². The third kappa shape index (κ3) is 2.85. The van der Waals surface area contributed by atoms with E-state index in [1.165, 1.54) is 6.07 Å². The number of rotatable bonds is 5. The van der Waals surface area contributed by atoms with Crippen molar-refractivity contribution in [2.24, 2.45) is 0 Å². The molecule has 104 valence electrons. The lowest BCUT2D eigenvalue weighted by Crippen LogP contribution is -2.01. The molecule has 1 heterocycles. The van der Waals surface area contributed by atoms with Crippen LogP contribution < -0.4 is 10.1 Å². The normalized spacial score (nSPS) is 10.1. The first kappa shape index (κ1) is 13.8. The molecule has 6 heteroatoms. The second kappa shape index (κ2) is 6.01. The van der Waals surface area contributed by atoms with Gasteiger partial charge < -0.3 is 10.1 Å². The molecule has 0 spiro atoms. The van der Waals surface area contributed by atoms with Crippen LogP contribution in [-0.2, 0) is 0 Å². The molecule has 1 N–H and O–H groups in total. The largest absolute Gasteiger partial charge is 0.497 e. The van der Waals surface area contributed by atoms with Crippen molar-refractivity contribution in [1.82, 2.24) is 4.98 Å². The van der Waals surface area contributed by atoms with Crippen molar-refractivity contribution in [2.45, 2.75) is 6.92 Å². The van der Waals surface area contributed by atoms with Crippen molar-refractivity contribution in [3.8, 4) is 17.0 Å². The van der Waals surface area contributed by atoms with Gasteiger partial charge in [-0.05, 0) is 19.1 Å². The first-order valence-electron chi connectivity index (χ1n) is 6.18. The highest BCUT2D eigenvalue weighted by Gasteiger charge is 2.15. The van der Waals surface area contributed by atoms with Crippen LogP contribution in [0.1, 0.15) is 6.92 Å². The fourth-order valence-electron chi connectivity index (χ4n) is 1.88. The number of benzene rings is 1. The third-order valence-corrected chi connectivity index (χ3v) is 2.82. The number of nitro benzene ring substituents is 1. The van der Waals surface area contributed by atoms with Crippen LogP contribution in [-0.4, -0.2) is 23.6 Å². The Bertz CT molecular complexity index is 629. The molecule has 0 aliphatic heterocycles. The van der Waals surface area contributed by atoms with Gasteiger partial charge in [-0.15, -0.1) is 0 Å². The van der Waals surface area contributed by atoms with Gasteiger partial charge in [0.2, 0.25) is 0 Å². The average Bonchev–Trinajstić information content (AvgIpc) is 2.48. The highest BCUT2D eigenvalue weighted by atomic mass is 16.6. The minimum absolute atomic E-state index is 0.0361. The molecule has 20 heavy (non-hydrogen) atoms. The monoisotopic (exact) mass is 273 g/mol. The Morgan fingerprint density at radius 1 is 1.35 bits per heavy atom. The van der Waals surface area contributed by atoms with Gasteiger partial charge in [-0.1, -0.05) is 6.07 Å². The summed E-state index contributed by atoms with van der Waals surface area (Å²) in [5.41, 5.74) is 1.85. The summed E-state index contributed by atoms with van der Waals surface area (Å²) in [5, 5.41) is 14.1. The number of nitrogens with zero attached hydrogens (tertiary/aromatic N) is 2. The molecule has 0 aliphatic carbocycles. The SMILES string of the molecule is CCNc1ccc(-c2cc(OC)ccn2)cc1[N+](=O)[O-]. The molecule has 1 aromatic carbocycles. The molecule has 0 amide bonds. The Hall–Kier alpha value is -2.63. The van der Waals surface area contributed by atoms with Crippen molar-refractivity contribution in [2.75, 3.05) is 19.0 Å². The molecule has 0 radical (unpaired) electrons. The zero-order chi connectivity index (χ0) is 14.5. The van der Waals surface area contributed by atoms with Crippen LogP contribution in [0, 0.1) is 10.1 Å². The van der Waals surface area contributed by atoms with Gasteiger partial charge in [-0.2, -0.15) is 0 Å². The Morgan fingerprint density at radius 3 is 2.80 bits per heavy atom. The molecule has 2 rings (SSSR count). The topological polar surface area (TPSA) is 77.3 Å². The molecule has 1 aromatic heterocycles. The summed E-state index contributed by atoms with van der Waals surface area (Å²) in [4.78, 5) is 14.9. The smallest absolute Gasteiger partial charge is 0.292 e. The number of nitro groups is 1. The molecule has 0 aliphatic rings. The Kier molecular flexibility index (Phi) is 4.14. The van der Waals surface area contributed by atoms with E-state index >= 15 is 0 Å². The lowest BCUT2D eigenvalue weighted by molar-refractivity contribution is -0.383. The van der Waals surface area contributed by atoms with E-state index in [0.29, 0.717) is 29.2 Å². The van der Waals surface area contributed by atoms with E-state index in [1.54, 1.807) is 37.6 Å². The van der Waals surface area contributed by atoms with Crippen molar-refractivity contribution in [1.29, 1.82) is 0 Å². The minimum Gasteiger partial charge on any atom is -0.497 e. The number of methoxy groups -OCH3 is 1. The Balaban J connectivity index is 2.47. The molecule has 6 nitrogen and oxygen atoms in total. The maximum Gasteiger partial charge on any atom is 0.292 e. The summed E-state index contributed by atoms with van der Waals surface area (Å²) in [7, 11) is 1.57. The summed E-state index contributed by atoms with van der Waals surface area (Å²) in [6.45, 7) is 2.51. The highest BCUT2D eigenvalue weighted by molar-refractivity contribution is 5.72. The molecule has 2 aromatic rings. The molecular weight excluding hydrogens is 258 g/mol. The number of pyridine rings is 1. The Morgan fingerprint density at radius 2 is 2.15 bits per heavy atom. The van der Waals surface area contributed by atoms with Gasteiger partial charge in [0.15, 0.2) is 0 Å². The van der Waals surface area contributed by atoms with Crippen molar-refractivity contribution in [3.05, 3.63) is 46.6 Å². The number of hydrogen-bond acceptors (Lipinski definition) is 5. The summed E-state index contributed by atoms with van der Waals surface area (Å²) in [5.74, 6) is 0.661. The van der Waals surface area contributed by atoms with Crippen LogP contribution >= 0.6 is 0 Å². The number of aromatic nitrogens is 1. The molecule has 0 saturated carbocycles. The van der Waals surface area contributed by atoms with Gasteiger partial charge >= 0.3 is 0 Å². The average molecular weight is 273 g/mol. The fraction of sp³-hybridized carbons (Fsp3) is 0.214. The molecule has 0 bridgehead atoms. The lowest BCUT2D eigenvalue weighted by Gasteiger charge is -2.07. The molecule has 0 fully saturated rings. The predicted octanol–water partition coefficient (Wildman–Crippen LogP) is 3.10. The second-order valence-corrected chi connectivity index (χ2v) is 4.10. The van der Waals surface area contributed by atoms with Gasteiger partial charge in [0.05, 0.1) is 17.7 Å². The lowest BCUT2D eigenvalue weighted by atomic mass is 10.1. The van der Waals surface area contributed by atoms with Crippen LogP contribution in [0.4, 0.5) is 11.4 Å². The van der Waals surface area contributed by atoms with Crippen LogP contribution in [0.15, 0.2) is 36.5 Å². The number of anilines is 1. The molecular formula is C14H15N3O3. The highest BCUT2D eigenvalue weighted by Crippen LogP contribution is 2.30. The summed E-state index contributed by atoms with van der Waals surface area (Å²) in [6.07, 6.45) is 1.61. The molecule has 0 saturated heterocycles. The fourth-order valence-corrected chi connectivity index (χ4v) is 1.88. The number of hydrogen-bond donors (Lipinski definition) is 1. The minimum atomic E-state index is -0.401. The maximum atomic E-state index is 11.1. The third-order valence-electron chi connectivity index (χ3n) is 2.82. The van der Waals surface area contributed by atoms with E-state index in [9.17, 15) is 10.1 Å². The first-order chi connectivity index (χ1) is 9.65. The molecule has 0 unspecified atom stereocenters. The van der Waals surface area contributed by atoms with Gasteiger partial charge in [-0.3, -0.25) is 15.1 Å². The van der Waals surface area contributed by atoms with Crippen LogP contribution in [0.3, 0.4) is 0 Å². The quantitative estimate of drug-likeness (QED) is 0.669. The summed E-state index contributed by atoms with van der Waals surface area (Å²) >= 11 is 0. The second-order valence-electron chi connectivity index (χ2n) is 4.10. The van der Waals surface area contributed by atoms with Crippen LogP contribution in [0.25, 0.3) is 11.3 Å².